The normalized spacial score (nSPS) is 13.1. The van der Waals surface area contributed by atoms with Gasteiger partial charge < -0.3 is 14.6 Å². The Bertz CT molecular complexity index is 986. The van der Waals surface area contributed by atoms with Gasteiger partial charge in [0.05, 0.1) is 24.2 Å². The van der Waals surface area contributed by atoms with Crippen molar-refractivity contribution in [1.82, 2.24) is 14.9 Å². The van der Waals surface area contributed by atoms with E-state index < -0.39 is 34.1 Å². The maximum Gasteiger partial charge on any atom is 0.243 e. The first-order valence-corrected chi connectivity index (χ1v) is 12.1. The molecule has 1 heterocycles. The third-order valence-corrected chi connectivity index (χ3v) is 6.69. The molecule has 32 heavy (non-hydrogen) atoms. The third kappa shape index (κ3) is 6.93. The Morgan fingerprint density at radius 1 is 1.09 bits per heavy atom. The summed E-state index contributed by atoms with van der Waals surface area (Å²) in [6.45, 7) is 9.05. The molecule has 2 rings (SSSR count). The Balaban J connectivity index is 2.27. The van der Waals surface area contributed by atoms with Crippen molar-refractivity contribution in [3.05, 3.63) is 54.5 Å². The smallest absolute Gasteiger partial charge is 0.243 e. The summed E-state index contributed by atoms with van der Waals surface area (Å²) in [5.41, 5.74) is -0.446. The molecule has 2 aromatic rings. The molecule has 0 aliphatic heterocycles. The zero-order valence-corrected chi connectivity index (χ0v) is 20.1. The Morgan fingerprint density at radius 2 is 1.75 bits per heavy atom. The van der Waals surface area contributed by atoms with Crippen LogP contribution >= 0.6 is 0 Å². The van der Waals surface area contributed by atoms with E-state index in [2.05, 4.69) is 10.0 Å². The summed E-state index contributed by atoms with van der Waals surface area (Å²) in [7, 11) is -3.87. The Morgan fingerprint density at radius 3 is 2.28 bits per heavy atom. The van der Waals surface area contributed by atoms with E-state index in [-0.39, 0.29) is 23.3 Å². The van der Waals surface area contributed by atoms with Gasteiger partial charge in [-0.15, -0.1) is 0 Å². The molecular weight excluding hydrogens is 430 g/mol. The first kappa shape index (κ1) is 25.6. The maximum absolute atomic E-state index is 13.2. The molecule has 0 radical (unpaired) electrons. The Labute approximate surface area is 190 Å². The fourth-order valence-corrected chi connectivity index (χ4v) is 4.15. The Hall–Kier alpha value is -2.65. The maximum atomic E-state index is 13.2. The van der Waals surface area contributed by atoms with Crippen LogP contribution in [-0.2, 0) is 26.2 Å². The van der Waals surface area contributed by atoms with Crippen molar-refractivity contribution in [3.8, 4) is 0 Å². The predicted molar refractivity (Wildman–Crippen MR) is 122 cm³/mol. The number of nitrogens with zero attached hydrogens (tertiary/aromatic N) is 1. The van der Waals surface area contributed by atoms with Gasteiger partial charge in [-0.2, -0.15) is 0 Å². The van der Waals surface area contributed by atoms with E-state index in [9.17, 15) is 18.0 Å². The van der Waals surface area contributed by atoms with Crippen molar-refractivity contribution in [2.45, 2.75) is 64.1 Å². The molecule has 1 aromatic carbocycles. The van der Waals surface area contributed by atoms with Crippen molar-refractivity contribution in [1.29, 1.82) is 0 Å². The number of nitrogens with one attached hydrogen (secondary N) is 2. The van der Waals surface area contributed by atoms with Crippen LogP contribution in [0.5, 0.6) is 0 Å². The number of hydrogen-bond donors (Lipinski definition) is 2. The average molecular weight is 464 g/mol. The molecule has 9 heteroatoms. The topological polar surface area (TPSA) is 109 Å². The summed E-state index contributed by atoms with van der Waals surface area (Å²) in [6, 6.07) is 10.4. The van der Waals surface area contributed by atoms with Gasteiger partial charge in [-0.05, 0) is 50.5 Å². The minimum atomic E-state index is -3.87. The molecule has 2 amide bonds. The van der Waals surface area contributed by atoms with Crippen molar-refractivity contribution < 1.29 is 22.4 Å². The molecular formula is C23H33N3O5S. The van der Waals surface area contributed by atoms with Gasteiger partial charge in [0.1, 0.15) is 11.8 Å². The Kier molecular flexibility index (Phi) is 8.63. The molecule has 8 nitrogen and oxygen atoms in total. The van der Waals surface area contributed by atoms with Crippen LogP contribution in [-0.4, -0.2) is 43.3 Å². The van der Waals surface area contributed by atoms with Gasteiger partial charge in [0.25, 0.3) is 0 Å². The van der Waals surface area contributed by atoms with Crippen LogP contribution in [0.25, 0.3) is 0 Å². The summed E-state index contributed by atoms with van der Waals surface area (Å²) in [4.78, 5) is 27.8. The zero-order valence-electron chi connectivity index (χ0n) is 19.3. The van der Waals surface area contributed by atoms with Crippen molar-refractivity contribution >= 4 is 21.8 Å². The number of amides is 2. The second kappa shape index (κ2) is 10.8. The first-order chi connectivity index (χ1) is 15.0. The van der Waals surface area contributed by atoms with E-state index in [0.29, 0.717) is 12.2 Å². The van der Waals surface area contributed by atoms with Crippen LogP contribution in [0.15, 0.2) is 58.0 Å². The average Bonchev–Trinajstić information content (AvgIpc) is 3.25. The van der Waals surface area contributed by atoms with Gasteiger partial charge in [-0.3, -0.25) is 9.59 Å². The fraction of sp³-hybridized carbons (Fsp3) is 0.478. The first-order valence-electron chi connectivity index (χ1n) is 10.7. The van der Waals surface area contributed by atoms with Crippen LogP contribution < -0.4 is 10.0 Å². The third-order valence-electron chi connectivity index (χ3n) is 5.27. The SMILES string of the molecule is CCC(C)(C)NC(=O)[C@@H](C(C)C)N(Cc1ccco1)C(=O)CNS(=O)(=O)c1ccccc1. The lowest BCUT2D eigenvalue weighted by molar-refractivity contribution is -0.143. The fourth-order valence-electron chi connectivity index (χ4n) is 3.15. The molecule has 0 spiro atoms. The van der Waals surface area contributed by atoms with Crippen molar-refractivity contribution in [3.63, 3.8) is 0 Å². The van der Waals surface area contributed by atoms with E-state index in [1.165, 1.54) is 23.3 Å². The summed E-state index contributed by atoms with van der Waals surface area (Å²) in [5.74, 6) is -0.536. The largest absolute Gasteiger partial charge is 0.467 e. The lowest BCUT2D eigenvalue weighted by Gasteiger charge is -2.36. The van der Waals surface area contributed by atoms with Crippen molar-refractivity contribution in [2.75, 3.05) is 6.54 Å². The second-order valence-corrected chi connectivity index (χ2v) is 10.4. The quantitative estimate of drug-likeness (QED) is 0.533. The minimum Gasteiger partial charge on any atom is -0.467 e. The van der Waals surface area contributed by atoms with Gasteiger partial charge in [0.2, 0.25) is 21.8 Å². The predicted octanol–water partition coefficient (Wildman–Crippen LogP) is 2.92. The van der Waals surface area contributed by atoms with Gasteiger partial charge in [0.15, 0.2) is 0 Å². The van der Waals surface area contributed by atoms with Gasteiger partial charge in [-0.25, -0.2) is 13.1 Å². The van der Waals surface area contributed by atoms with Crippen molar-refractivity contribution in [2.24, 2.45) is 5.92 Å². The van der Waals surface area contributed by atoms with Gasteiger partial charge in [0, 0.05) is 5.54 Å². The molecule has 0 saturated heterocycles. The highest BCUT2D eigenvalue weighted by molar-refractivity contribution is 7.89. The van der Waals surface area contributed by atoms with E-state index in [1.807, 2.05) is 34.6 Å². The number of hydrogen-bond acceptors (Lipinski definition) is 5. The van der Waals surface area contributed by atoms with Crippen LogP contribution in [0.2, 0.25) is 0 Å². The number of rotatable bonds is 11. The lowest BCUT2D eigenvalue weighted by Crippen LogP contribution is -2.57. The molecule has 176 valence electrons. The highest BCUT2D eigenvalue weighted by Crippen LogP contribution is 2.19. The monoisotopic (exact) mass is 463 g/mol. The molecule has 2 N–H and O–H groups in total. The summed E-state index contributed by atoms with van der Waals surface area (Å²) >= 11 is 0. The van der Waals surface area contributed by atoms with Crippen LogP contribution in [0.4, 0.5) is 0 Å². The summed E-state index contributed by atoms with van der Waals surface area (Å²) < 4.78 is 32.9. The molecule has 0 fully saturated rings. The van der Waals surface area contributed by atoms with Gasteiger partial charge >= 0.3 is 0 Å². The van der Waals surface area contributed by atoms with Crippen LogP contribution in [0, 0.1) is 5.92 Å². The van der Waals surface area contributed by atoms with Gasteiger partial charge in [-0.1, -0.05) is 39.0 Å². The zero-order chi connectivity index (χ0) is 23.9. The van der Waals surface area contributed by atoms with Crippen LogP contribution in [0.1, 0.15) is 46.8 Å². The van der Waals surface area contributed by atoms with E-state index in [0.717, 1.165) is 0 Å². The molecule has 0 aliphatic rings. The molecule has 1 atom stereocenters. The van der Waals surface area contributed by atoms with E-state index >= 15 is 0 Å². The van der Waals surface area contributed by atoms with E-state index in [1.54, 1.807) is 30.3 Å². The standard InChI is InChI=1S/C23H33N3O5S/c1-6-23(4,5)25-22(28)21(17(2)3)26(16-18-11-10-14-31-18)20(27)15-24-32(29,30)19-12-8-7-9-13-19/h7-14,17,21,24H,6,15-16H2,1-5H3,(H,25,28)/t21-/m1/s1. The number of furan rings is 1. The van der Waals surface area contributed by atoms with Crippen LogP contribution in [0.3, 0.4) is 0 Å². The number of carbonyl (C=O) groups excluding carboxylic acids is 2. The highest BCUT2D eigenvalue weighted by atomic mass is 32.2. The minimum absolute atomic E-state index is 0.0434. The molecule has 1 aromatic heterocycles. The highest BCUT2D eigenvalue weighted by Gasteiger charge is 2.35. The number of benzene rings is 1. The summed E-state index contributed by atoms with van der Waals surface area (Å²) in [5, 5.41) is 3.00. The second-order valence-electron chi connectivity index (χ2n) is 8.65. The molecule has 0 aliphatic carbocycles. The van der Waals surface area contributed by atoms with E-state index in [4.69, 9.17) is 4.42 Å². The summed E-state index contributed by atoms with van der Waals surface area (Å²) in [6.07, 6.45) is 2.20. The lowest BCUT2D eigenvalue weighted by atomic mass is 9.97. The molecule has 0 bridgehead atoms. The molecule has 0 unspecified atom stereocenters. The molecule has 0 saturated carbocycles. The number of carbonyl (C=O) groups is 2. The number of sulfonamides is 1.